The van der Waals surface area contributed by atoms with Gasteiger partial charge in [-0.1, -0.05) is 184 Å². The maximum absolute atomic E-state index is 13.2. The van der Waals surface area contributed by atoms with E-state index in [4.69, 9.17) is 18.9 Å². The van der Waals surface area contributed by atoms with Gasteiger partial charge in [0.2, 0.25) is 5.91 Å². The van der Waals surface area contributed by atoms with Crippen LogP contribution in [-0.4, -0.2) is 140 Å². The van der Waals surface area contributed by atoms with Crippen molar-refractivity contribution in [3.63, 3.8) is 0 Å². The molecule has 0 aromatic carbocycles. The quantitative estimate of drug-likeness (QED) is 0.0206. The number of allylic oxidation sites excluding steroid dienone is 9. The molecule has 2 aliphatic rings. The first kappa shape index (κ1) is 64.8. The average molecular weight is 1010 g/mol. The van der Waals surface area contributed by atoms with Crippen molar-refractivity contribution in [1.82, 2.24) is 5.32 Å². The third kappa shape index (κ3) is 29.4. The van der Waals surface area contributed by atoms with Gasteiger partial charge in [0, 0.05) is 6.42 Å². The largest absolute Gasteiger partial charge is 0.394 e. The van der Waals surface area contributed by atoms with Crippen molar-refractivity contribution >= 4 is 5.91 Å². The lowest BCUT2D eigenvalue weighted by molar-refractivity contribution is -0.359. The van der Waals surface area contributed by atoms with Crippen LogP contribution in [0.4, 0.5) is 0 Å². The van der Waals surface area contributed by atoms with Gasteiger partial charge in [-0.25, -0.2) is 0 Å². The van der Waals surface area contributed by atoms with E-state index in [0.29, 0.717) is 12.8 Å². The van der Waals surface area contributed by atoms with E-state index in [1.807, 2.05) is 6.08 Å². The second-order valence-corrected chi connectivity index (χ2v) is 19.7. The summed E-state index contributed by atoms with van der Waals surface area (Å²) >= 11 is 0. The summed E-state index contributed by atoms with van der Waals surface area (Å²) in [6, 6.07) is -0.947. The normalized spacial score (nSPS) is 26.2. The van der Waals surface area contributed by atoms with Gasteiger partial charge < -0.3 is 65.1 Å². The number of ether oxygens (including phenoxy) is 4. The highest BCUT2D eigenvalue weighted by Crippen LogP contribution is 2.30. The van der Waals surface area contributed by atoms with Crippen molar-refractivity contribution in [2.45, 2.75) is 274 Å². The van der Waals surface area contributed by atoms with Crippen LogP contribution in [0.2, 0.25) is 0 Å². The highest BCUT2D eigenvalue weighted by atomic mass is 16.7. The fraction of sp³-hybridized carbons (Fsp3) is 0.807. The molecule has 12 unspecified atom stereocenters. The maximum atomic E-state index is 13.2. The van der Waals surface area contributed by atoms with Crippen LogP contribution in [-0.2, 0) is 23.7 Å². The van der Waals surface area contributed by atoms with Gasteiger partial charge in [-0.2, -0.15) is 0 Å². The zero-order valence-electron chi connectivity index (χ0n) is 43.9. The number of carbonyl (C=O) groups excluding carboxylic acids is 1. The minimum atomic E-state index is -1.80. The van der Waals surface area contributed by atoms with Crippen molar-refractivity contribution in [2.75, 3.05) is 19.8 Å². The zero-order valence-corrected chi connectivity index (χ0v) is 43.9. The summed E-state index contributed by atoms with van der Waals surface area (Å²) in [7, 11) is 0. The molecular weight excluding hydrogens is 907 g/mol. The number of hydrogen-bond acceptors (Lipinski definition) is 13. The van der Waals surface area contributed by atoms with E-state index in [9.17, 15) is 45.6 Å². The summed E-state index contributed by atoms with van der Waals surface area (Å²) in [4.78, 5) is 13.2. The number of unbranched alkanes of at least 4 members (excludes halogenated alkanes) is 22. The third-order valence-corrected chi connectivity index (χ3v) is 13.4. The SMILES string of the molecule is CCCC/C=C\C/C=C\CCCCCCCC(=O)NC(COC1OC(CO)C(OC2OC(CO)C(O)C(O)C2O)C(O)C1O)C(O)/C=C/CC/C=C/CC/C=C/CCCCCCCCCCCCCCC. The van der Waals surface area contributed by atoms with Gasteiger partial charge in [-0.15, -0.1) is 0 Å². The molecule has 9 N–H and O–H groups in total. The Hall–Kier alpha value is -2.31. The highest BCUT2D eigenvalue weighted by molar-refractivity contribution is 5.76. The van der Waals surface area contributed by atoms with E-state index >= 15 is 0 Å². The molecule has 2 saturated heterocycles. The standard InChI is InChI=1S/C57H101NO13/c1-3-5-7-9-11-13-15-17-19-20-21-22-23-24-25-26-27-28-30-32-34-36-38-40-46(61)45(58-49(62)41-39-37-35-33-31-29-18-16-14-12-10-8-6-4-2)44-68-56-54(67)52(65)55(48(43-60)70-56)71-57-53(66)51(64)50(63)47(42-59)69-57/h10,12,16,18,25-26,30,32,38,40,45-48,50-57,59-61,63-67H,3-9,11,13-15,17,19-24,27-29,31,33-37,39,41-44H2,1-2H3,(H,58,62)/b12-10-,18-16-,26-25+,32-30+,40-38+. The molecule has 412 valence electrons. The van der Waals surface area contributed by atoms with Crippen molar-refractivity contribution < 1.29 is 64.6 Å². The first-order chi connectivity index (χ1) is 34.6. The van der Waals surface area contributed by atoms with Gasteiger partial charge >= 0.3 is 0 Å². The van der Waals surface area contributed by atoms with Gasteiger partial charge in [0.05, 0.1) is 32.0 Å². The van der Waals surface area contributed by atoms with Crippen molar-refractivity contribution in [3.05, 3.63) is 60.8 Å². The number of hydrogen-bond donors (Lipinski definition) is 9. The van der Waals surface area contributed by atoms with E-state index in [2.05, 4.69) is 67.8 Å². The minimum absolute atomic E-state index is 0.251. The first-order valence-electron chi connectivity index (χ1n) is 28.0. The second-order valence-electron chi connectivity index (χ2n) is 19.7. The Morgan fingerprint density at radius 1 is 0.507 bits per heavy atom. The number of carbonyl (C=O) groups is 1. The molecule has 14 nitrogen and oxygen atoms in total. The molecule has 0 spiro atoms. The number of aliphatic hydroxyl groups excluding tert-OH is 8. The molecule has 2 aliphatic heterocycles. The molecule has 0 radical (unpaired) electrons. The van der Waals surface area contributed by atoms with E-state index in [1.54, 1.807) is 6.08 Å². The van der Waals surface area contributed by atoms with E-state index in [0.717, 1.165) is 70.6 Å². The van der Waals surface area contributed by atoms with Gasteiger partial charge in [0.15, 0.2) is 12.6 Å². The van der Waals surface area contributed by atoms with E-state index in [-0.39, 0.29) is 18.9 Å². The Morgan fingerprint density at radius 2 is 0.958 bits per heavy atom. The smallest absolute Gasteiger partial charge is 0.220 e. The molecule has 0 saturated carbocycles. The van der Waals surface area contributed by atoms with Crippen LogP contribution in [0.25, 0.3) is 0 Å². The maximum Gasteiger partial charge on any atom is 0.220 e. The molecule has 0 bridgehead atoms. The topological polar surface area (TPSA) is 228 Å². The van der Waals surface area contributed by atoms with Crippen molar-refractivity contribution in [3.8, 4) is 0 Å². The lowest BCUT2D eigenvalue weighted by Crippen LogP contribution is -2.65. The minimum Gasteiger partial charge on any atom is -0.394 e. The zero-order chi connectivity index (χ0) is 51.7. The molecule has 12 atom stereocenters. The monoisotopic (exact) mass is 1010 g/mol. The summed E-state index contributed by atoms with van der Waals surface area (Å²) in [6.45, 7) is 2.71. The summed E-state index contributed by atoms with van der Waals surface area (Å²) in [6.07, 6.45) is 36.9. The molecule has 1 amide bonds. The fourth-order valence-corrected chi connectivity index (χ4v) is 8.81. The second kappa shape index (κ2) is 43.0. The van der Waals surface area contributed by atoms with Gasteiger partial charge in [-0.3, -0.25) is 4.79 Å². The number of amides is 1. The Labute approximate surface area is 428 Å². The number of aliphatic hydroxyl groups is 8. The summed E-state index contributed by atoms with van der Waals surface area (Å²) < 4.78 is 22.7. The third-order valence-electron chi connectivity index (χ3n) is 13.4. The number of rotatable bonds is 43. The molecule has 0 aromatic rings. The molecule has 71 heavy (non-hydrogen) atoms. The molecule has 0 aliphatic carbocycles. The van der Waals surface area contributed by atoms with Crippen LogP contribution in [0.5, 0.6) is 0 Å². The van der Waals surface area contributed by atoms with Crippen molar-refractivity contribution in [1.29, 1.82) is 0 Å². The Kier molecular flexibility index (Phi) is 39.2. The lowest BCUT2D eigenvalue weighted by Gasteiger charge is -2.46. The molecule has 14 heteroatoms. The Balaban J connectivity index is 1.82. The Morgan fingerprint density at radius 3 is 1.51 bits per heavy atom. The van der Waals surface area contributed by atoms with Gasteiger partial charge in [-0.05, 0) is 70.6 Å². The van der Waals surface area contributed by atoms with E-state index < -0.39 is 86.8 Å². The summed E-state index contributed by atoms with van der Waals surface area (Å²) in [5, 5.41) is 86.9. The molecule has 0 aromatic heterocycles. The van der Waals surface area contributed by atoms with Crippen molar-refractivity contribution in [2.24, 2.45) is 0 Å². The summed E-state index contributed by atoms with van der Waals surface area (Å²) in [5.74, 6) is -0.270. The molecule has 2 heterocycles. The number of nitrogens with one attached hydrogen (secondary N) is 1. The predicted molar refractivity (Wildman–Crippen MR) is 281 cm³/mol. The van der Waals surface area contributed by atoms with Crippen LogP contribution >= 0.6 is 0 Å². The van der Waals surface area contributed by atoms with Crippen LogP contribution in [0, 0.1) is 0 Å². The fourth-order valence-electron chi connectivity index (χ4n) is 8.81. The van der Waals surface area contributed by atoms with Crippen LogP contribution in [0.15, 0.2) is 60.8 Å². The van der Waals surface area contributed by atoms with Gasteiger partial charge in [0.25, 0.3) is 0 Å². The lowest BCUT2D eigenvalue weighted by atomic mass is 9.97. The van der Waals surface area contributed by atoms with Crippen LogP contribution in [0.1, 0.15) is 200 Å². The summed E-state index contributed by atoms with van der Waals surface area (Å²) in [5.41, 5.74) is 0. The van der Waals surface area contributed by atoms with Gasteiger partial charge in [0.1, 0.15) is 48.8 Å². The van der Waals surface area contributed by atoms with Crippen LogP contribution in [0.3, 0.4) is 0 Å². The molecule has 2 fully saturated rings. The Bertz CT molecular complexity index is 1420. The predicted octanol–water partition coefficient (Wildman–Crippen LogP) is 8.61. The first-order valence-corrected chi connectivity index (χ1v) is 28.0. The van der Waals surface area contributed by atoms with Crippen LogP contribution < -0.4 is 5.32 Å². The highest BCUT2D eigenvalue weighted by Gasteiger charge is 2.51. The van der Waals surface area contributed by atoms with E-state index in [1.165, 1.54) is 96.3 Å². The molecule has 2 rings (SSSR count). The average Bonchev–Trinajstić information content (AvgIpc) is 3.37. The molecular formula is C57H101NO13.